The van der Waals surface area contributed by atoms with Gasteiger partial charge in [0.1, 0.15) is 17.3 Å². The molecule has 1 N–H and O–H groups in total. The van der Waals surface area contributed by atoms with Gasteiger partial charge in [-0.1, -0.05) is 24.3 Å². The van der Waals surface area contributed by atoms with E-state index in [1.807, 2.05) is 38.1 Å². The van der Waals surface area contributed by atoms with Gasteiger partial charge >= 0.3 is 5.97 Å². The van der Waals surface area contributed by atoms with Crippen LogP contribution in [0.3, 0.4) is 0 Å². The van der Waals surface area contributed by atoms with E-state index < -0.39 is 5.60 Å². The lowest BCUT2D eigenvalue weighted by Crippen LogP contribution is -2.40. The molecule has 0 spiro atoms. The van der Waals surface area contributed by atoms with E-state index in [4.69, 9.17) is 13.9 Å². The second kappa shape index (κ2) is 11.3. The van der Waals surface area contributed by atoms with Crippen LogP contribution in [0.5, 0.6) is 11.5 Å². The Hall–Kier alpha value is -3.25. The summed E-state index contributed by atoms with van der Waals surface area (Å²) in [5, 5.41) is 9.54. The quantitative estimate of drug-likeness (QED) is 0.374. The van der Waals surface area contributed by atoms with Gasteiger partial charge in [0.15, 0.2) is 5.60 Å². The molecule has 0 aliphatic heterocycles. The molecule has 0 unspecified atom stereocenters. The van der Waals surface area contributed by atoms with Gasteiger partial charge in [-0.2, -0.15) is 0 Å². The Morgan fingerprint density at radius 1 is 1.03 bits per heavy atom. The van der Waals surface area contributed by atoms with E-state index in [9.17, 15) is 9.90 Å². The normalized spacial score (nSPS) is 11.6. The highest BCUT2D eigenvalue weighted by Gasteiger charge is 2.32. The second-order valence-corrected chi connectivity index (χ2v) is 9.10. The van der Waals surface area contributed by atoms with Crippen molar-refractivity contribution in [2.75, 3.05) is 13.2 Å². The Labute approximate surface area is 202 Å². The van der Waals surface area contributed by atoms with Crippen molar-refractivity contribution in [2.24, 2.45) is 0 Å². The molecule has 0 aliphatic carbocycles. The highest BCUT2D eigenvalue weighted by molar-refractivity contribution is 5.79. The van der Waals surface area contributed by atoms with Crippen LogP contribution >= 0.6 is 0 Å². The molecule has 34 heavy (non-hydrogen) atoms. The van der Waals surface area contributed by atoms with Crippen LogP contribution in [0.2, 0.25) is 0 Å². The minimum atomic E-state index is -1.07. The molecule has 1 heterocycles. The van der Waals surface area contributed by atoms with Crippen LogP contribution in [0.4, 0.5) is 0 Å². The number of phenols is 1. The third kappa shape index (κ3) is 6.87. The first-order valence-corrected chi connectivity index (χ1v) is 11.7. The monoisotopic (exact) mass is 465 g/mol. The zero-order valence-corrected chi connectivity index (χ0v) is 20.8. The third-order valence-corrected chi connectivity index (χ3v) is 5.66. The van der Waals surface area contributed by atoms with Gasteiger partial charge in [0.25, 0.3) is 0 Å². The van der Waals surface area contributed by atoms with E-state index in [0.29, 0.717) is 18.9 Å². The summed E-state index contributed by atoms with van der Waals surface area (Å²) in [6.45, 7) is 11.8. The zero-order valence-electron chi connectivity index (χ0n) is 20.8. The van der Waals surface area contributed by atoms with E-state index in [0.717, 1.165) is 42.0 Å². The molecule has 0 radical (unpaired) electrons. The number of hydrogen-bond donors (Lipinski definition) is 1. The minimum absolute atomic E-state index is 0.274. The number of aryl methyl sites for hydroxylation is 2. The van der Waals surface area contributed by atoms with Crippen LogP contribution in [0.15, 0.2) is 59.2 Å². The highest BCUT2D eigenvalue weighted by Crippen LogP contribution is 2.30. The largest absolute Gasteiger partial charge is 0.508 e. The summed E-state index contributed by atoms with van der Waals surface area (Å²) in [4.78, 5) is 14.6. The molecule has 6 heteroatoms. The van der Waals surface area contributed by atoms with Crippen LogP contribution in [-0.4, -0.2) is 34.7 Å². The molecule has 0 bridgehead atoms. The van der Waals surface area contributed by atoms with Gasteiger partial charge in [0.2, 0.25) is 0 Å². The number of benzene rings is 2. The maximum absolute atomic E-state index is 12.3. The van der Waals surface area contributed by atoms with Crippen LogP contribution in [0.25, 0.3) is 0 Å². The van der Waals surface area contributed by atoms with Crippen molar-refractivity contribution in [2.45, 2.75) is 59.7 Å². The van der Waals surface area contributed by atoms with Gasteiger partial charge in [-0.05, 0) is 87.6 Å². The fourth-order valence-electron chi connectivity index (χ4n) is 3.94. The number of phenolic OH excluding ortho intramolecular Hbond substituents is 1. The van der Waals surface area contributed by atoms with Gasteiger partial charge in [-0.3, -0.25) is 4.90 Å². The SMILES string of the molecule is CCOC(=O)C(C)(C)Oc1c(C)cc(CN(CCc2ccc(O)cc2)Cc2ccco2)cc1C. The standard InChI is InChI=1S/C28H35NO5/c1-6-32-27(31)28(4,5)34-26-20(2)16-23(17-21(26)3)18-29(19-25-8-7-15-33-25)14-13-22-9-11-24(30)12-10-22/h7-12,15-17,30H,6,13-14,18-19H2,1-5H3. The Bertz CT molecular complexity index is 1050. The maximum atomic E-state index is 12.3. The molecule has 0 saturated heterocycles. The molecule has 0 amide bonds. The number of furan rings is 1. The van der Waals surface area contributed by atoms with Crippen LogP contribution < -0.4 is 4.74 Å². The van der Waals surface area contributed by atoms with Crippen molar-refractivity contribution in [1.82, 2.24) is 4.90 Å². The van der Waals surface area contributed by atoms with Crippen molar-refractivity contribution >= 4 is 5.97 Å². The Morgan fingerprint density at radius 2 is 1.71 bits per heavy atom. The second-order valence-electron chi connectivity index (χ2n) is 9.10. The summed E-state index contributed by atoms with van der Waals surface area (Å²) in [6, 6.07) is 15.4. The smallest absolute Gasteiger partial charge is 0.349 e. The predicted molar refractivity (Wildman–Crippen MR) is 132 cm³/mol. The van der Waals surface area contributed by atoms with Crippen molar-refractivity contribution in [1.29, 1.82) is 0 Å². The number of hydrogen-bond acceptors (Lipinski definition) is 6. The van der Waals surface area contributed by atoms with E-state index in [1.54, 1.807) is 39.2 Å². The van der Waals surface area contributed by atoms with Gasteiger partial charge in [-0.25, -0.2) is 4.79 Å². The number of rotatable bonds is 11. The van der Waals surface area contributed by atoms with Gasteiger partial charge < -0.3 is 19.0 Å². The lowest BCUT2D eigenvalue weighted by atomic mass is 10.0. The average molecular weight is 466 g/mol. The fraction of sp³-hybridized carbons (Fsp3) is 0.393. The van der Waals surface area contributed by atoms with E-state index >= 15 is 0 Å². The molecule has 3 rings (SSSR count). The first kappa shape index (κ1) is 25.4. The predicted octanol–water partition coefficient (Wildman–Crippen LogP) is 5.57. The summed E-state index contributed by atoms with van der Waals surface area (Å²) < 4.78 is 16.9. The van der Waals surface area contributed by atoms with Crippen LogP contribution in [0.1, 0.15) is 48.8 Å². The van der Waals surface area contributed by atoms with Gasteiger partial charge in [0.05, 0.1) is 19.4 Å². The molecule has 0 saturated carbocycles. The number of ether oxygens (including phenoxy) is 2. The average Bonchev–Trinajstić information content (AvgIpc) is 3.29. The van der Waals surface area contributed by atoms with E-state index in [1.165, 1.54) is 5.56 Å². The summed E-state index contributed by atoms with van der Waals surface area (Å²) in [7, 11) is 0. The molecule has 1 aromatic heterocycles. The zero-order chi connectivity index (χ0) is 24.7. The molecule has 0 atom stereocenters. The lowest BCUT2D eigenvalue weighted by molar-refractivity contribution is -0.158. The van der Waals surface area contributed by atoms with Crippen molar-refractivity contribution < 1.29 is 23.8 Å². The number of aromatic hydroxyl groups is 1. The third-order valence-electron chi connectivity index (χ3n) is 5.66. The highest BCUT2D eigenvalue weighted by atomic mass is 16.6. The molecular formula is C28H35NO5. The molecular weight excluding hydrogens is 430 g/mol. The Morgan fingerprint density at radius 3 is 2.29 bits per heavy atom. The number of carbonyl (C=O) groups is 1. The number of carbonyl (C=O) groups excluding carboxylic acids is 1. The van der Waals surface area contributed by atoms with E-state index in [-0.39, 0.29) is 11.7 Å². The summed E-state index contributed by atoms with van der Waals surface area (Å²) in [5.41, 5.74) is 3.21. The number of esters is 1. The summed E-state index contributed by atoms with van der Waals surface area (Å²) in [5.74, 6) is 1.52. The van der Waals surface area contributed by atoms with Gasteiger partial charge in [0, 0.05) is 13.1 Å². The van der Waals surface area contributed by atoms with Gasteiger partial charge in [-0.15, -0.1) is 0 Å². The Kier molecular flexibility index (Phi) is 8.40. The number of nitrogens with zero attached hydrogens (tertiary/aromatic N) is 1. The molecule has 0 fully saturated rings. The first-order chi connectivity index (χ1) is 16.2. The van der Waals surface area contributed by atoms with Crippen LogP contribution in [0, 0.1) is 13.8 Å². The fourth-order valence-corrected chi connectivity index (χ4v) is 3.94. The molecule has 182 valence electrons. The molecule has 2 aromatic carbocycles. The first-order valence-electron chi connectivity index (χ1n) is 11.7. The topological polar surface area (TPSA) is 72.1 Å². The molecule has 6 nitrogen and oxygen atoms in total. The maximum Gasteiger partial charge on any atom is 0.349 e. The Balaban J connectivity index is 1.75. The molecule has 3 aromatic rings. The van der Waals surface area contributed by atoms with Crippen molar-refractivity contribution in [3.05, 3.63) is 82.8 Å². The molecule has 0 aliphatic rings. The van der Waals surface area contributed by atoms with Crippen molar-refractivity contribution in [3.63, 3.8) is 0 Å². The lowest BCUT2D eigenvalue weighted by Gasteiger charge is -2.27. The summed E-state index contributed by atoms with van der Waals surface area (Å²) >= 11 is 0. The van der Waals surface area contributed by atoms with Crippen molar-refractivity contribution in [3.8, 4) is 11.5 Å². The van der Waals surface area contributed by atoms with Crippen LogP contribution in [-0.2, 0) is 29.0 Å². The minimum Gasteiger partial charge on any atom is -0.508 e. The summed E-state index contributed by atoms with van der Waals surface area (Å²) in [6.07, 6.45) is 2.55. The van der Waals surface area contributed by atoms with E-state index in [2.05, 4.69) is 17.0 Å².